The van der Waals surface area contributed by atoms with Gasteiger partial charge in [0.05, 0.1) is 5.60 Å². The summed E-state index contributed by atoms with van der Waals surface area (Å²) in [6.07, 6.45) is 5.54. The van der Waals surface area contributed by atoms with Gasteiger partial charge >= 0.3 is 0 Å². The second-order valence-electron chi connectivity index (χ2n) is 4.90. The first-order valence-corrected chi connectivity index (χ1v) is 7.07. The summed E-state index contributed by atoms with van der Waals surface area (Å²) in [5, 5.41) is 15.9. The Morgan fingerprint density at radius 2 is 2.19 bits per heavy atom. The highest BCUT2D eigenvalue weighted by molar-refractivity contribution is 7.10. The van der Waals surface area contributed by atoms with Gasteiger partial charge < -0.3 is 10.4 Å². The van der Waals surface area contributed by atoms with Gasteiger partial charge in [0.15, 0.2) is 0 Å². The summed E-state index contributed by atoms with van der Waals surface area (Å²) in [4.78, 5) is 1.35. The van der Waals surface area contributed by atoms with Gasteiger partial charge in [-0.2, -0.15) is 0 Å². The van der Waals surface area contributed by atoms with Gasteiger partial charge in [-0.05, 0) is 31.2 Å². The number of rotatable bonds is 4. The topological polar surface area (TPSA) is 32.3 Å². The van der Waals surface area contributed by atoms with Crippen molar-refractivity contribution in [2.24, 2.45) is 0 Å². The molecule has 1 fully saturated rings. The molecule has 2 N–H and O–H groups in total. The Morgan fingerprint density at radius 3 is 2.81 bits per heavy atom. The molecule has 0 amide bonds. The molecule has 3 heteroatoms. The quantitative estimate of drug-likeness (QED) is 0.846. The van der Waals surface area contributed by atoms with E-state index in [1.807, 2.05) is 0 Å². The van der Waals surface area contributed by atoms with E-state index in [-0.39, 0.29) is 0 Å². The van der Waals surface area contributed by atoms with E-state index in [0.29, 0.717) is 6.04 Å². The van der Waals surface area contributed by atoms with Gasteiger partial charge in [0, 0.05) is 17.5 Å². The van der Waals surface area contributed by atoms with Gasteiger partial charge in [-0.3, -0.25) is 0 Å². The third kappa shape index (κ3) is 3.06. The van der Waals surface area contributed by atoms with Crippen LogP contribution in [0, 0.1) is 0 Å². The second-order valence-corrected chi connectivity index (χ2v) is 5.88. The second kappa shape index (κ2) is 5.30. The highest BCUT2D eigenvalue weighted by Gasteiger charge is 2.29. The maximum absolute atomic E-state index is 10.4. The average molecular weight is 239 g/mol. The molecular formula is C13H21NOS. The van der Waals surface area contributed by atoms with E-state index in [0.717, 1.165) is 19.4 Å². The fourth-order valence-electron chi connectivity index (χ4n) is 2.37. The predicted molar refractivity (Wildman–Crippen MR) is 68.8 cm³/mol. The number of hydrogen-bond donors (Lipinski definition) is 2. The predicted octanol–water partition coefficient (Wildman–Crippen LogP) is 3.09. The minimum Gasteiger partial charge on any atom is -0.389 e. The first-order valence-electron chi connectivity index (χ1n) is 6.19. The van der Waals surface area contributed by atoms with Crippen LogP contribution in [0.5, 0.6) is 0 Å². The molecule has 0 aliphatic heterocycles. The Labute approximate surface area is 102 Å². The van der Waals surface area contributed by atoms with Crippen LogP contribution in [0.4, 0.5) is 0 Å². The lowest BCUT2D eigenvalue weighted by Gasteiger charge is -2.33. The summed E-state index contributed by atoms with van der Waals surface area (Å²) >= 11 is 1.77. The molecule has 1 heterocycles. The summed E-state index contributed by atoms with van der Waals surface area (Å²) in [6, 6.07) is 4.58. The van der Waals surface area contributed by atoms with E-state index < -0.39 is 5.60 Å². The molecule has 1 aromatic heterocycles. The van der Waals surface area contributed by atoms with Crippen molar-refractivity contribution < 1.29 is 5.11 Å². The molecule has 1 atom stereocenters. The lowest BCUT2D eigenvalue weighted by Crippen LogP contribution is -2.42. The van der Waals surface area contributed by atoms with E-state index in [1.165, 1.54) is 24.1 Å². The fourth-order valence-corrected chi connectivity index (χ4v) is 3.13. The maximum Gasteiger partial charge on any atom is 0.0771 e. The third-order valence-electron chi connectivity index (χ3n) is 3.49. The minimum absolute atomic E-state index is 0.353. The van der Waals surface area contributed by atoms with Crippen molar-refractivity contribution in [1.29, 1.82) is 0 Å². The molecule has 0 bridgehead atoms. The molecule has 0 unspecified atom stereocenters. The Kier molecular flexibility index (Phi) is 4.00. The first-order chi connectivity index (χ1) is 7.70. The van der Waals surface area contributed by atoms with E-state index >= 15 is 0 Å². The van der Waals surface area contributed by atoms with Crippen LogP contribution in [0.3, 0.4) is 0 Å². The summed E-state index contributed by atoms with van der Waals surface area (Å²) in [6.45, 7) is 2.89. The Balaban J connectivity index is 1.82. The lowest BCUT2D eigenvalue weighted by atomic mass is 9.85. The van der Waals surface area contributed by atoms with Crippen molar-refractivity contribution in [3.63, 3.8) is 0 Å². The van der Waals surface area contributed by atoms with Crippen LogP contribution in [-0.4, -0.2) is 17.3 Å². The molecule has 0 radical (unpaired) electrons. The van der Waals surface area contributed by atoms with Gasteiger partial charge in [0.1, 0.15) is 0 Å². The summed E-state index contributed by atoms with van der Waals surface area (Å²) in [5.74, 6) is 0. The van der Waals surface area contributed by atoms with Crippen LogP contribution >= 0.6 is 11.3 Å². The molecule has 1 saturated carbocycles. The zero-order chi connectivity index (χ0) is 11.4. The van der Waals surface area contributed by atoms with Crippen LogP contribution < -0.4 is 5.32 Å². The zero-order valence-electron chi connectivity index (χ0n) is 9.91. The Morgan fingerprint density at radius 1 is 1.44 bits per heavy atom. The third-order valence-corrected chi connectivity index (χ3v) is 4.55. The van der Waals surface area contributed by atoms with Crippen LogP contribution in [0.2, 0.25) is 0 Å². The molecule has 0 spiro atoms. The van der Waals surface area contributed by atoms with Gasteiger partial charge in [-0.25, -0.2) is 0 Å². The van der Waals surface area contributed by atoms with Crippen molar-refractivity contribution in [1.82, 2.24) is 5.32 Å². The highest BCUT2D eigenvalue weighted by atomic mass is 32.1. The summed E-state index contributed by atoms with van der Waals surface area (Å²) in [7, 11) is 0. The molecule has 2 nitrogen and oxygen atoms in total. The zero-order valence-corrected chi connectivity index (χ0v) is 10.7. The van der Waals surface area contributed by atoms with E-state index in [1.54, 1.807) is 11.3 Å². The number of nitrogens with one attached hydrogen (secondary N) is 1. The van der Waals surface area contributed by atoms with Crippen molar-refractivity contribution in [2.75, 3.05) is 6.54 Å². The highest BCUT2D eigenvalue weighted by Crippen LogP contribution is 2.28. The largest absolute Gasteiger partial charge is 0.389 e. The number of aliphatic hydroxyl groups is 1. The molecule has 0 aromatic carbocycles. The molecule has 1 aromatic rings. The molecule has 90 valence electrons. The number of hydrogen-bond acceptors (Lipinski definition) is 3. The SMILES string of the molecule is C[C@@H](NCC1(O)CCCCC1)c1cccs1. The van der Waals surface area contributed by atoms with Gasteiger partial charge in [-0.15, -0.1) is 11.3 Å². The molecule has 2 rings (SSSR count). The van der Waals surface area contributed by atoms with Gasteiger partial charge in [0.2, 0.25) is 0 Å². The number of thiophene rings is 1. The lowest BCUT2D eigenvalue weighted by molar-refractivity contribution is 0.00308. The normalized spacial score (nSPS) is 21.9. The van der Waals surface area contributed by atoms with Crippen LogP contribution in [0.15, 0.2) is 17.5 Å². The smallest absolute Gasteiger partial charge is 0.0771 e. The van der Waals surface area contributed by atoms with E-state index in [2.05, 4.69) is 29.8 Å². The molecule has 1 aliphatic carbocycles. The van der Waals surface area contributed by atoms with Gasteiger partial charge in [0.25, 0.3) is 0 Å². The maximum atomic E-state index is 10.4. The molecule has 0 saturated heterocycles. The Hall–Kier alpha value is -0.380. The molecule has 16 heavy (non-hydrogen) atoms. The van der Waals surface area contributed by atoms with Crippen molar-refractivity contribution >= 4 is 11.3 Å². The van der Waals surface area contributed by atoms with Crippen molar-refractivity contribution in [3.8, 4) is 0 Å². The molecular weight excluding hydrogens is 218 g/mol. The van der Waals surface area contributed by atoms with Crippen LogP contribution in [0.1, 0.15) is 49.9 Å². The summed E-state index contributed by atoms with van der Waals surface area (Å²) in [5.41, 5.74) is -0.455. The summed E-state index contributed by atoms with van der Waals surface area (Å²) < 4.78 is 0. The Bertz CT molecular complexity index is 304. The minimum atomic E-state index is -0.455. The fraction of sp³-hybridized carbons (Fsp3) is 0.692. The van der Waals surface area contributed by atoms with Crippen LogP contribution in [0.25, 0.3) is 0 Å². The van der Waals surface area contributed by atoms with E-state index in [4.69, 9.17) is 0 Å². The van der Waals surface area contributed by atoms with Crippen molar-refractivity contribution in [2.45, 2.75) is 50.7 Å². The standard InChI is InChI=1S/C13H21NOS/c1-11(12-6-5-9-16-12)14-10-13(15)7-3-2-4-8-13/h5-6,9,11,14-15H,2-4,7-8,10H2,1H3/t11-/m1/s1. The van der Waals surface area contributed by atoms with E-state index in [9.17, 15) is 5.11 Å². The first kappa shape index (κ1) is 12.1. The van der Waals surface area contributed by atoms with Crippen molar-refractivity contribution in [3.05, 3.63) is 22.4 Å². The van der Waals surface area contributed by atoms with Gasteiger partial charge in [-0.1, -0.05) is 25.3 Å². The van der Waals surface area contributed by atoms with Crippen LogP contribution in [-0.2, 0) is 0 Å². The molecule has 1 aliphatic rings. The average Bonchev–Trinajstić information content (AvgIpc) is 2.80. The monoisotopic (exact) mass is 239 g/mol.